The van der Waals surface area contributed by atoms with Gasteiger partial charge in [0.25, 0.3) is 0 Å². The average molecular weight is 294 g/mol. The van der Waals surface area contributed by atoms with Crippen LogP contribution < -0.4 is 5.32 Å². The van der Waals surface area contributed by atoms with Gasteiger partial charge in [0.2, 0.25) is 5.91 Å². The molecule has 120 valence electrons. The molecule has 2 aliphatic heterocycles. The lowest BCUT2D eigenvalue weighted by atomic mass is 9.81. The number of hydrogen-bond acceptors (Lipinski definition) is 3. The summed E-state index contributed by atoms with van der Waals surface area (Å²) in [7, 11) is 0. The van der Waals surface area contributed by atoms with Crippen LogP contribution in [0, 0.1) is 11.3 Å². The lowest BCUT2D eigenvalue weighted by Gasteiger charge is -2.40. The minimum atomic E-state index is 0.0408. The van der Waals surface area contributed by atoms with E-state index in [0.717, 1.165) is 39.0 Å². The third kappa shape index (κ3) is 3.11. The number of nitrogens with zero attached hydrogens (tertiary/aromatic N) is 1. The van der Waals surface area contributed by atoms with E-state index in [0.29, 0.717) is 11.8 Å². The first-order valence-electron chi connectivity index (χ1n) is 8.77. The maximum atomic E-state index is 12.8. The monoisotopic (exact) mass is 294 g/mol. The van der Waals surface area contributed by atoms with Crippen molar-refractivity contribution in [2.75, 3.05) is 19.8 Å². The van der Waals surface area contributed by atoms with Crippen molar-refractivity contribution in [1.29, 1.82) is 0 Å². The molecule has 0 spiro atoms. The minimum Gasteiger partial charge on any atom is -0.381 e. The number of hydrogen-bond donors (Lipinski definition) is 1. The number of rotatable bonds is 4. The van der Waals surface area contributed by atoms with Crippen molar-refractivity contribution in [3.05, 3.63) is 0 Å². The normalized spacial score (nSPS) is 33.8. The summed E-state index contributed by atoms with van der Waals surface area (Å²) >= 11 is 0. The second kappa shape index (κ2) is 6.25. The quantitative estimate of drug-likeness (QED) is 0.866. The van der Waals surface area contributed by atoms with Crippen LogP contribution in [0.3, 0.4) is 0 Å². The molecule has 2 heterocycles. The molecule has 2 unspecified atom stereocenters. The smallest absolute Gasteiger partial charge is 0.241 e. The third-order valence-corrected chi connectivity index (χ3v) is 5.80. The van der Waals surface area contributed by atoms with Gasteiger partial charge in [-0.3, -0.25) is 10.1 Å². The first-order valence-corrected chi connectivity index (χ1v) is 8.77. The van der Waals surface area contributed by atoms with Gasteiger partial charge in [-0.15, -0.1) is 0 Å². The summed E-state index contributed by atoms with van der Waals surface area (Å²) < 4.78 is 5.51. The van der Waals surface area contributed by atoms with E-state index in [-0.39, 0.29) is 17.6 Å². The van der Waals surface area contributed by atoms with Crippen LogP contribution in [-0.4, -0.2) is 42.8 Å². The molecule has 0 aromatic carbocycles. The second-order valence-corrected chi connectivity index (χ2v) is 7.51. The van der Waals surface area contributed by atoms with Gasteiger partial charge in [0.1, 0.15) is 0 Å². The summed E-state index contributed by atoms with van der Waals surface area (Å²) in [5.74, 6) is 0.996. The lowest BCUT2D eigenvalue weighted by molar-refractivity contribution is -0.133. The van der Waals surface area contributed by atoms with Gasteiger partial charge < -0.3 is 9.64 Å². The molecule has 1 aliphatic carbocycles. The highest BCUT2D eigenvalue weighted by Gasteiger charge is 2.45. The third-order valence-electron chi connectivity index (χ3n) is 5.80. The zero-order chi connectivity index (χ0) is 14.9. The summed E-state index contributed by atoms with van der Waals surface area (Å²) in [6.07, 6.45) is 8.54. The molecule has 0 aromatic rings. The second-order valence-electron chi connectivity index (χ2n) is 7.51. The highest BCUT2D eigenvalue weighted by atomic mass is 16.5. The van der Waals surface area contributed by atoms with E-state index < -0.39 is 0 Å². The fourth-order valence-electron chi connectivity index (χ4n) is 4.27. The molecule has 4 heteroatoms. The Balaban J connectivity index is 1.73. The standard InChI is InChI=1S/C17H30N2O2/c1-3-14-16(20)19(12-17(2)8-10-21-11-9-17)15(18-14)13-6-4-5-7-13/h13-15,18H,3-12H2,1-2H3. The summed E-state index contributed by atoms with van der Waals surface area (Å²) in [5, 5.41) is 3.63. The van der Waals surface area contributed by atoms with E-state index in [2.05, 4.69) is 24.1 Å². The molecule has 2 saturated heterocycles. The zero-order valence-electron chi connectivity index (χ0n) is 13.6. The molecule has 1 N–H and O–H groups in total. The van der Waals surface area contributed by atoms with E-state index in [9.17, 15) is 4.79 Å². The Morgan fingerprint density at radius 1 is 1.29 bits per heavy atom. The number of nitrogens with one attached hydrogen (secondary N) is 1. The Hall–Kier alpha value is -0.610. The Kier molecular flexibility index (Phi) is 4.55. The Bertz CT molecular complexity index is 373. The van der Waals surface area contributed by atoms with Crippen molar-refractivity contribution < 1.29 is 9.53 Å². The van der Waals surface area contributed by atoms with Crippen LogP contribution in [-0.2, 0) is 9.53 Å². The number of amides is 1. The molecule has 3 fully saturated rings. The molecule has 0 radical (unpaired) electrons. The molecule has 21 heavy (non-hydrogen) atoms. The molecule has 2 atom stereocenters. The van der Waals surface area contributed by atoms with Crippen molar-refractivity contribution in [2.45, 2.75) is 71.0 Å². The zero-order valence-corrected chi connectivity index (χ0v) is 13.6. The van der Waals surface area contributed by atoms with E-state index in [4.69, 9.17) is 4.74 Å². The summed E-state index contributed by atoms with van der Waals surface area (Å²) in [6, 6.07) is 0.0408. The summed E-state index contributed by atoms with van der Waals surface area (Å²) in [6.45, 7) is 7.03. The first-order chi connectivity index (χ1) is 10.1. The number of carbonyl (C=O) groups excluding carboxylic acids is 1. The molecule has 3 rings (SSSR count). The van der Waals surface area contributed by atoms with E-state index >= 15 is 0 Å². The maximum absolute atomic E-state index is 12.8. The largest absolute Gasteiger partial charge is 0.381 e. The Morgan fingerprint density at radius 3 is 2.57 bits per heavy atom. The predicted molar refractivity (Wildman–Crippen MR) is 82.8 cm³/mol. The van der Waals surface area contributed by atoms with Gasteiger partial charge in [0.05, 0.1) is 12.2 Å². The molecule has 0 bridgehead atoms. The molecule has 3 aliphatic rings. The van der Waals surface area contributed by atoms with Gasteiger partial charge in [-0.05, 0) is 43.4 Å². The summed E-state index contributed by atoms with van der Waals surface area (Å²) in [5.41, 5.74) is 0.231. The van der Waals surface area contributed by atoms with Crippen LogP contribution in [0.15, 0.2) is 0 Å². The molecule has 1 saturated carbocycles. The Morgan fingerprint density at radius 2 is 1.95 bits per heavy atom. The van der Waals surface area contributed by atoms with Crippen LogP contribution in [0.2, 0.25) is 0 Å². The van der Waals surface area contributed by atoms with E-state index in [1.165, 1.54) is 25.7 Å². The fraction of sp³-hybridized carbons (Fsp3) is 0.941. The number of ether oxygens (including phenoxy) is 1. The Labute approximate surface area is 128 Å². The molecule has 0 aromatic heterocycles. The predicted octanol–water partition coefficient (Wildman–Crippen LogP) is 2.53. The molecular formula is C17H30N2O2. The maximum Gasteiger partial charge on any atom is 0.241 e. The molecule has 1 amide bonds. The van der Waals surface area contributed by atoms with Gasteiger partial charge in [0.15, 0.2) is 0 Å². The van der Waals surface area contributed by atoms with Crippen molar-refractivity contribution in [2.24, 2.45) is 11.3 Å². The van der Waals surface area contributed by atoms with Crippen LogP contribution >= 0.6 is 0 Å². The van der Waals surface area contributed by atoms with Crippen LogP contribution in [0.1, 0.15) is 58.8 Å². The van der Waals surface area contributed by atoms with E-state index in [1.54, 1.807) is 0 Å². The first kappa shape index (κ1) is 15.3. The SMILES string of the molecule is CCC1NC(C2CCCC2)N(CC2(C)CCOCC2)C1=O. The van der Waals surface area contributed by atoms with Crippen molar-refractivity contribution in [3.8, 4) is 0 Å². The lowest BCUT2D eigenvalue weighted by Crippen LogP contribution is -2.48. The molecule has 4 nitrogen and oxygen atoms in total. The number of carbonyl (C=O) groups is 1. The van der Waals surface area contributed by atoms with Gasteiger partial charge in [0, 0.05) is 19.8 Å². The highest BCUT2D eigenvalue weighted by molar-refractivity contribution is 5.84. The average Bonchev–Trinajstić information content (AvgIpc) is 3.09. The minimum absolute atomic E-state index is 0.0408. The van der Waals surface area contributed by atoms with Gasteiger partial charge in [-0.2, -0.15) is 0 Å². The molecular weight excluding hydrogens is 264 g/mol. The summed E-state index contributed by atoms with van der Waals surface area (Å²) in [4.78, 5) is 14.9. The van der Waals surface area contributed by atoms with Crippen molar-refractivity contribution >= 4 is 5.91 Å². The highest BCUT2D eigenvalue weighted by Crippen LogP contribution is 2.37. The van der Waals surface area contributed by atoms with Gasteiger partial charge in [-0.1, -0.05) is 26.7 Å². The van der Waals surface area contributed by atoms with Crippen molar-refractivity contribution in [3.63, 3.8) is 0 Å². The van der Waals surface area contributed by atoms with Crippen LogP contribution in [0.25, 0.3) is 0 Å². The van der Waals surface area contributed by atoms with Gasteiger partial charge in [-0.25, -0.2) is 0 Å². The van der Waals surface area contributed by atoms with Gasteiger partial charge >= 0.3 is 0 Å². The van der Waals surface area contributed by atoms with Crippen LogP contribution in [0.5, 0.6) is 0 Å². The topological polar surface area (TPSA) is 41.6 Å². The fourth-order valence-corrected chi connectivity index (χ4v) is 4.27. The van der Waals surface area contributed by atoms with E-state index in [1.807, 2.05) is 0 Å². The van der Waals surface area contributed by atoms with Crippen LogP contribution in [0.4, 0.5) is 0 Å². The van der Waals surface area contributed by atoms with Crippen molar-refractivity contribution in [1.82, 2.24) is 10.2 Å².